The smallest absolute Gasteiger partial charge is 0.412 e. The highest BCUT2D eigenvalue weighted by Crippen LogP contribution is 2.23. The van der Waals surface area contributed by atoms with Crippen molar-refractivity contribution in [1.29, 1.82) is 0 Å². The SMILES string of the molecule is CC[C@H](CCC(=O)CO)N(C)C(=O)CCc1cccc(F)c1Cl.CC[C@H](CCC(=O)CO)N(C)C(=O)OC(C)(C)C.O=C(NCc1cccc(F)c1Cl)Oc1ccc([N+](=O)[O-])cc1.S.S. The number of hydrogen-bond acceptors (Lipinski definition) is 11. The Kier molecular flexibility index (Phi) is 31.0. The number of halogens is 4. The molecule has 0 aromatic heterocycles. The summed E-state index contributed by atoms with van der Waals surface area (Å²) in [6, 6.07) is 13.7. The summed E-state index contributed by atoms with van der Waals surface area (Å²) >= 11 is 11.6. The van der Waals surface area contributed by atoms with Gasteiger partial charge in [-0.1, -0.05) is 61.3 Å². The molecule has 0 saturated carbocycles. The molecule has 21 heteroatoms. The van der Waals surface area contributed by atoms with Crippen molar-refractivity contribution in [3.8, 4) is 5.75 Å². The molecule has 0 aliphatic heterocycles. The Morgan fingerprint density at radius 2 is 1.23 bits per heavy atom. The molecule has 3 N–H and O–H groups in total. The number of nitro benzene ring substituents is 1. The molecule has 0 radical (unpaired) electrons. The van der Waals surface area contributed by atoms with E-state index in [0.717, 1.165) is 12.8 Å². The van der Waals surface area contributed by atoms with Crippen LogP contribution in [0, 0.1) is 21.7 Å². The zero-order chi connectivity index (χ0) is 47.9. The lowest BCUT2D eigenvalue weighted by atomic mass is 10.0. The van der Waals surface area contributed by atoms with E-state index in [1.54, 1.807) is 37.2 Å². The third-order valence-corrected chi connectivity index (χ3v) is 10.2. The van der Waals surface area contributed by atoms with Gasteiger partial charge >= 0.3 is 12.2 Å². The van der Waals surface area contributed by atoms with E-state index in [1.807, 2.05) is 34.6 Å². The number of non-ortho nitro benzene ring substituents is 1. The van der Waals surface area contributed by atoms with Crippen LogP contribution in [-0.4, -0.2) is 99.6 Å². The first kappa shape index (κ1) is 62.6. The number of nitrogens with zero attached hydrogens (tertiary/aromatic N) is 3. The minimum atomic E-state index is -0.783. The van der Waals surface area contributed by atoms with Crippen molar-refractivity contribution in [3.05, 3.63) is 104 Å². The summed E-state index contributed by atoms with van der Waals surface area (Å²) in [6.45, 7) is 8.43. The first-order valence-corrected chi connectivity index (χ1v) is 20.9. The Balaban J connectivity index is 0. The zero-order valence-electron chi connectivity index (χ0n) is 37.6. The molecule has 0 unspecified atom stereocenters. The first-order chi connectivity index (χ1) is 29.6. The second kappa shape index (κ2) is 32.2. The zero-order valence-corrected chi connectivity index (χ0v) is 41.1. The largest absolute Gasteiger partial charge is 0.444 e. The van der Waals surface area contributed by atoms with E-state index in [4.69, 9.17) is 42.9 Å². The van der Waals surface area contributed by atoms with Gasteiger partial charge in [0.25, 0.3) is 5.69 Å². The van der Waals surface area contributed by atoms with Crippen LogP contribution in [0.15, 0.2) is 60.7 Å². The Labute approximate surface area is 403 Å². The molecule has 3 rings (SSSR count). The molecule has 0 fully saturated rings. The highest BCUT2D eigenvalue weighted by atomic mass is 35.5. The van der Waals surface area contributed by atoms with Crippen molar-refractivity contribution < 1.29 is 57.4 Å². The minimum Gasteiger partial charge on any atom is -0.444 e. The van der Waals surface area contributed by atoms with Crippen molar-refractivity contribution in [2.75, 3.05) is 27.3 Å². The Hall–Kier alpha value is -4.53. The maximum absolute atomic E-state index is 13.4. The number of benzene rings is 3. The number of carbonyl (C=O) groups is 5. The van der Waals surface area contributed by atoms with Gasteiger partial charge in [0.2, 0.25) is 5.91 Å². The highest BCUT2D eigenvalue weighted by molar-refractivity contribution is 7.59. The number of Topliss-reactive ketones (excluding diaryl/α,β-unsaturated/α-hetero) is 2. The molecule has 0 spiro atoms. The van der Waals surface area contributed by atoms with Gasteiger partial charge in [0.15, 0.2) is 11.6 Å². The van der Waals surface area contributed by atoms with Gasteiger partial charge in [0, 0.05) is 64.1 Å². The van der Waals surface area contributed by atoms with Gasteiger partial charge in [-0.25, -0.2) is 18.4 Å². The Morgan fingerprint density at radius 1 is 0.769 bits per heavy atom. The summed E-state index contributed by atoms with van der Waals surface area (Å²) in [6.07, 6.45) is 2.50. The van der Waals surface area contributed by atoms with Crippen molar-refractivity contribution in [2.45, 2.75) is 110 Å². The summed E-state index contributed by atoms with van der Waals surface area (Å²) in [5.74, 6) is -1.42. The number of ether oxygens (including phenoxy) is 2. The fourth-order valence-corrected chi connectivity index (χ4v) is 6.05. The van der Waals surface area contributed by atoms with Crippen molar-refractivity contribution in [3.63, 3.8) is 0 Å². The Bertz CT molecular complexity index is 1980. The molecule has 3 aromatic carbocycles. The maximum Gasteiger partial charge on any atom is 0.412 e. The molecule has 2 atom stereocenters. The van der Waals surface area contributed by atoms with Crippen LogP contribution in [0.25, 0.3) is 0 Å². The van der Waals surface area contributed by atoms with E-state index in [-0.39, 0.29) is 110 Å². The van der Waals surface area contributed by atoms with Crippen LogP contribution in [0.3, 0.4) is 0 Å². The molecule has 0 saturated heterocycles. The lowest BCUT2D eigenvalue weighted by molar-refractivity contribution is -0.384. The van der Waals surface area contributed by atoms with Crippen molar-refractivity contribution in [2.24, 2.45) is 0 Å². The normalized spacial score (nSPS) is 11.3. The molecule has 65 heavy (non-hydrogen) atoms. The quantitative estimate of drug-likeness (QED) is 0.0764. The molecular weight excluding hydrogens is 934 g/mol. The monoisotopic (exact) mass is 994 g/mol. The maximum atomic E-state index is 13.4. The number of nitro groups is 1. The molecule has 15 nitrogen and oxygen atoms in total. The highest BCUT2D eigenvalue weighted by Gasteiger charge is 2.25. The second-order valence-corrected chi connectivity index (χ2v) is 15.9. The van der Waals surface area contributed by atoms with Crippen LogP contribution >= 0.6 is 50.2 Å². The number of aliphatic hydroxyl groups excluding tert-OH is 2. The summed E-state index contributed by atoms with van der Waals surface area (Å²) in [7, 11) is 3.37. The second-order valence-electron chi connectivity index (χ2n) is 15.1. The number of aryl methyl sites for hydroxylation is 1. The minimum absolute atomic E-state index is 0. The molecule has 3 amide bonds. The summed E-state index contributed by atoms with van der Waals surface area (Å²) in [5.41, 5.74) is 0.378. The lowest BCUT2D eigenvalue weighted by Gasteiger charge is -2.30. The molecular formula is C44H62Cl2F2N4O11S2. The topological polar surface area (TPSA) is 206 Å². The molecule has 0 aliphatic rings. The van der Waals surface area contributed by atoms with Crippen LogP contribution < -0.4 is 10.1 Å². The van der Waals surface area contributed by atoms with Gasteiger partial charge in [-0.3, -0.25) is 24.5 Å². The lowest BCUT2D eigenvalue weighted by Crippen LogP contribution is -2.40. The number of amides is 3. The van der Waals surface area contributed by atoms with E-state index in [9.17, 15) is 42.9 Å². The molecule has 0 aliphatic carbocycles. The fraction of sp³-hybridized carbons (Fsp3) is 0.477. The van der Waals surface area contributed by atoms with Gasteiger partial charge in [0.05, 0.1) is 15.0 Å². The predicted molar refractivity (Wildman–Crippen MR) is 255 cm³/mol. The third kappa shape index (κ3) is 24.0. The van der Waals surface area contributed by atoms with Crippen LogP contribution in [0.4, 0.5) is 24.1 Å². The molecule has 0 heterocycles. The number of nitrogens with one attached hydrogen (secondary N) is 1. The average molecular weight is 996 g/mol. The van der Waals surface area contributed by atoms with Crippen LogP contribution in [0.5, 0.6) is 5.75 Å². The van der Waals surface area contributed by atoms with Gasteiger partial charge in [-0.2, -0.15) is 27.0 Å². The number of carbonyl (C=O) groups excluding carboxylic acids is 5. The van der Waals surface area contributed by atoms with Crippen LogP contribution in [0.1, 0.15) is 90.7 Å². The number of aliphatic hydroxyl groups is 2. The fourth-order valence-electron chi connectivity index (χ4n) is 5.63. The third-order valence-electron chi connectivity index (χ3n) is 9.33. The van der Waals surface area contributed by atoms with E-state index >= 15 is 0 Å². The molecule has 364 valence electrons. The first-order valence-electron chi connectivity index (χ1n) is 20.1. The van der Waals surface area contributed by atoms with Crippen molar-refractivity contribution >= 4 is 85.5 Å². The van der Waals surface area contributed by atoms with Gasteiger partial charge in [-0.15, -0.1) is 0 Å². The summed E-state index contributed by atoms with van der Waals surface area (Å²) in [4.78, 5) is 71.1. The summed E-state index contributed by atoms with van der Waals surface area (Å²) in [5, 5.41) is 30.3. The average Bonchev–Trinajstić information content (AvgIpc) is 3.24. The number of ketones is 2. The van der Waals surface area contributed by atoms with E-state index in [1.165, 1.54) is 47.4 Å². The van der Waals surface area contributed by atoms with Gasteiger partial charge < -0.3 is 34.8 Å². The van der Waals surface area contributed by atoms with Gasteiger partial charge in [-0.05, 0) is 88.3 Å². The number of hydrogen-bond donors (Lipinski definition) is 3. The summed E-state index contributed by atoms with van der Waals surface area (Å²) < 4.78 is 36.8. The van der Waals surface area contributed by atoms with E-state index in [2.05, 4.69) is 5.32 Å². The Morgan fingerprint density at radius 3 is 1.68 bits per heavy atom. The number of rotatable bonds is 19. The van der Waals surface area contributed by atoms with Crippen LogP contribution in [0.2, 0.25) is 10.0 Å². The van der Waals surface area contributed by atoms with E-state index < -0.39 is 41.5 Å². The standard InChI is InChI=1S/C17H23ClFNO3.C14H10ClFN2O4.C13H25NO4.2H2S/c1-3-13(8-9-14(22)11-21)20(2)16(23)10-7-12-5-4-6-15(19)17(12)18;15-13-9(2-1-3-12(13)16)8-17-14(19)22-11-6-4-10(5-7-11)18(20)21;1-6-10(7-8-11(16)9-15)14(5)12(17)18-13(2,3)4;;/h4-6,13,21H,3,7-11H2,1-2H3;1-7H,8H2,(H,17,19);10,15H,6-9H2,1-5H3;2*1H2/t13-;;10-;;/m1.1../s1. The van der Waals surface area contributed by atoms with E-state index in [0.29, 0.717) is 30.4 Å². The van der Waals surface area contributed by atoms with Crippen molar-refractivity contribution in [1.82, 2.24) is 15.1 Å². The van der Waals surface area contributed by atoms with Crippen LogP contribution in [-0.2, 0) is 32.1 Å². The predicted octanol–water partition coefficient (Wildman–Crippen LogP) is 8.87. The molecule has 0 bridgehead atoms. The van der Waals surface area contributed by atoms with Gasteiger partial charge in [0.1, 0.15) is 36.2 Å². The molecule has 3 aromatic rings.